The zero-order valence-corrected chi connectivity index (χ0v) is 14.8. The van der Waals surface area contributed by atoms with E-state index in [1.807, 2.05) is 43.1 Å². The molecule has 25 heavy (non-hydrogen) atoms. The lowest BCUT2D eigenvalue weighted by molar-refractivity contribution is 0.396. The summed E-state index contributed by atoms with van der Waals surface area (Å²) in [5.41, 5.74) is 1.74. The fourth-order valence-corrected chi connectivity index (χ4v) is 2.45. The number of phenols is 1. The average molecular weight is 345 g/mol. The highest BCUT2D eigenvalue weighted by atomic mass is 19.1. The van der Waals surface area contributed by atoms with Crippen LogP contribution in [0.3, 0.4) is 0 Å². The summed E-state index contributed by atoms with van der Waals surface area (Å²) in [6, 6.07) is 12.1. The van der Waals surface area contributed by atoms with Gasteiger partial charge >= 0.3 is 0 Å². The first kappa shape index (κ1) is 18.6. The van der Waals surface area contributed by atoms with Crippen LogP contribution in [0.4, 0.5) is 4.39 Å². The topological polar surface area (TPSA) is 57.1 Å². The lowest BCUT2D eigenvalue weighted by Crippen LogP contribution is -2.38. The van der Waals surface area contributed by atoms with E-state index in [4.69, 9.17) is 4.74 Å². The molecule has 0 atom stereocenters. The van der Waals surface area contributed by atoms with Crippen LogP contribution in [0.1, 0.15) is 18.1 Å². The number of nitrogens with zero attached hydrogens (tertiary/aromatic N) is 2. The molecule has 0 radical (unpaired) electrons. The van der Waals surface area contributed by atoms with Gasteiger partial charge in [0.1, 0.15) is 5.75 Å². The van der Waals surface area contributed by atoms with E-state index in [9.17, 15) is 9.50 Å². The number of benzene rings is 2. The fraction of sp³-hybridized carbons (Fsp3) is 0.316. The molecule has 0 saturated carbocycles. The van der Waals surface area contributed by atoms with Gasteiger partial charge in [0, 0.05) is 25.7 Å². The van der Waals surface area contributed by atoms with E-state index in [0.717, 1.165) is 17.9 Å². The summed E-state index contributed by atoms with van der Waals surface area (Å²) in [7, 11) is 3.59. The van der Waals surface area contributed by atoms with E-state index in [0.29, 0.717) is 24.6 Å². The number of ether oxygens (including phenoxy) is 1. The number of nitrogens with one attached hydrogen (secondary N) is 1. The third-order valence-corrected chi connectivity index (χ3v) is 3.72. The van der Waals surface area contributed by atoms with Crippen LogP contribution < -0.4 is 10.1 Å². The van der Waals surface area contributed by atoms with E-state index < -0.39 is 5.82 Å². The van der Waals surface area contributed by atoms with Crippen molar-refractivity contribution >= 4 is 5.96 Å². The van der Waals surface area contributed by atoms with Crippen molar-refractivity contribution in [3.63, 3.8) is 0 Å². The first-order chi connectivity index (χ1) is 12.0. The zero-order valence-electron chi connectivity index (χ0n) is 14.8. The molecule has 0 aliphatic heterocycles. The van der Waals surface area contributed by atoms with Crippen LogP contribution in [0.15, 0.2) is 47.5 Å². The second kappa shape index (κ2) is 8.92. The van der Waals surface area contributed by atoms with E-state index in [1.165, 1.54) is 12.1 Å². The second-order valence-electron chi connectivity index (χ2n) is 5.62. The maximum Gasteiger partial charge on any atom is 0.194 e. The van der Waals surface area contributed by atoms with Crippen molar-refractivity contribution in [1.82, 2.24) is 10.2 Å². The van der Waals surface area contributed by atoms with Crippen molar-refractivity contribution in [2.45, 2.75) is 20.0 Å². The van der Waals surface area contributed by atoms with Crippen LogP contribution in [-0.4, -0.2) is 36.7 Å². The number of methoxy groups -OCH3 is 1. The summed E-state index contributed by atoms with van der Waals surface area (Å²) < 4.78 is 18.8. The minimum atomic E-state index is -0.639. The van der Waals surface area contributed by atoms with Crippen LogP contribution in [0.5, 0.6) is 11.5 Å². The Bertz CT molecular complexity index is 734. The number of guanidine groups is 1. The first-order valence-electron chi connectivity index (χ1n) is 8.13. The number of rotatable bonds is 6. The molecule has 0 heterocycles. The van der Waals surface area contributed by atoms with E-state index in [-0.39, 0.29) is 5.75 Å². The minimum absolute atomic E-state index is 0.315. The summed E-state index contributed by atoms with van der Waals surface area (Å²) in [5.74, 6) is 0.542. The molecule has 0 aliphatic carbocycles. The molecular weight excluding hydrogens is 321 g/mol. The number of halogens is 1. The summed E-state index contributed by atoms with van der Waals surface area (Å²) >= 11 is 0. The Morgan fingerprint density at radius 3 is 2.72 bits per heavy atom. The van der Waals surface area contributed by atoms with Gasteiger partial charge in [-0.1, -0.05) is 24.3 Å². The summed E-state index contributed by atoms with van der Waals surface area (Å²) in [5, 5.41) is 12.5. The van der Waals surface area contributed by atoms with E-state index >= 15 is 0 Å². The number of hydrogen-bond donors (Lipinski definition) is 2. The van der Waals surface area contributed by atoms with Crippen LogP contribution in [-0.2, 0) is 13.1 Å². The van der Waals surface area contributed by atoms with Gasteiger partial charge in [-0.25, -0.2) is 9.38 Å². The number of hydrogen-bond acceptors (Lipinski definition) is 3. The molecule has 5 nitrogen and oxygen atoms in total. The molecule has 2 N–H and O–H groups in total. The Hall–Kier alpha value is -2.76. The SMILES string of the molecule is CCNC(=NCc1ccc(O)c(F)c1)N(C)Cc1ccccc1OC. The Labute approximate surface area is 147 Å². The molecule has 0 amide bonds. The van der Waals surface area contributed by atoms with Gasteiger partial charge in [0.2, 0.25) is 0 Å². The van der Waals surface area contributed by atoms with Crippen LogP contribution in [0, 0.1) is 5.82 Å². The zero-order chi connectivity index (χ0) is 18.2. The molecule has 0 fully saturated rings. The van der Waals surface area contributed by atoms with Crippen molar-refractivity contribution in [2.24, 2.45) is 4.99 Å². The third kappa shape index (κ3) is 5.11. The predicted octanol–water partition coefficient (Wildman–Crippen LogP) is 3.14. The third-order valence-electron chi connectivity index (χ3n) is 3.72. The van der Waals surface area contributed by atoms with Crippen LogP contribution in [0.2, 0.25) is 0 Å². The molecule has 2 aromatic carbocycles. The number of para-hydroxylation sites is 1. The van der Waals surface area contributed by atoms with Crippen molar-refractivity contribution < 1.29 is 14.2 Å². The van der Waals surface area contributed by atoms with Gasteiger partial charge in [0.15, 0.2) is 17.5 Å². The van der Waals surface area contributed by atoms with Gasteiger partial charge in [-0.3, -0.25) is 0 Å². The highest BCUT2D eigenvalue weighted by molar-refractivity contribution is 5.79. The largest absolute Gasteiger partial charge is 0.505 e. The van der Waals surface area contributed by atoms with Gasteiger partial charge < -0.3 is 20.1 Å². The van der Waals surface area contributed by atoms with Crippen molar-refractivity contribution in [3.8, 4) is 11.5 Å². The molecule has 0 aliphatic rings. The lowest BCUT2D eigenvalue weighted by Gasteiger charge is -2.23. The van der Waals surface area contributed by atoms with E-state index in [1.54, 1.807) is 13.2 Å². The van der Waals surface area contributed by atoms with Crippen molar-refractivity contribution in [3.05, 3.63) is 59.4 Å². The Morgan fingerprint density at radius 2 is 2.04 bits per heavy atom. The Kier molecular flexibility index (Phi) is 6.62. The van der Waals surface area contributed by atoms with Gasteiger partial charge in [-0.15, -0.1) is 0 Å². The normalized spacial score (nSPS) is 11.3. The highest BCUT2D eigenvalue weighted by Crippen LogP contribution is 2.19. The minimum Gasteiger partial charge on any atom is -0.505 e. The maximum atomic E-state index is 13.4. The van der Waals surface area contributed by atoms with Gasteiger partial charge in [-0.2, -0.15) is 0 Å². The standard InChI is InChI=1S/C19H24FN3O2/c1-4-21-19(22-12-14-9-10-17(24)16(20)11-14)23(2)13-15-7-5-6-8-18(15)25-3/h5-11,24H,4,12-13H2,1-3H3,(H,21,22). The molecule has 0 bridgehead atoms. The lowest BCUT2D eigenvalue weighted by atomic mass is 10.2. The molecule has 0 unspecified atom stereocenters. The summed E-state index contributed by atoms with van der Waals surface area (Å²) in [6.45, 7) is 3.65. The molecule has 0 aromatic heterocycles. The second-order valence-corrected chi connectivity index (χ2v) is 5.62. The number of aromatic hydroxyl groups is 1. The fourth-order valence-electron chi connectivity index (χ4n) is 2.45. The molecule has 6 heteroatoms. The Morgan fingerprint density at radius 1 is 1.28 bits per heavy atom. The smallest absolute Gasteiger partial charge is 0.194 e. The number of aliphatic imine (C=N–C) groups is 1. The molecule has 2 aromatic rings. The first-order valence-corrected chi connectivity index (χ1v) is 8.13. The number of phenolic OH excluding ortho intramolecular Hbond substituents is 1. The molecular formula is C19H24FN3O2. The average Bonchev–Trinajstić information content (AvgIpc) is 2.61. The summed E-state index contributed by atoms with van der Waals surface area (Å²) in [6.07, 6.45) is 0. The van der Waals surface area contributed by atoms with Gasteiger partial charge in [0.05, 0.1) is 13.7 Å². The monoisotopic (exact) mass is 345 g/mol. The van der Waals surface area contributed by atoms with Crippen molar-refractivity contribution in [1.29, 1.82) is 0 Å². The highest BCUT2D eigenvalue weighted by Gasteiger charge is 2.10. The predicted molar refractivity (Wildman–Crippen MR) is 97.3 cm³/mol. The molecule has 0 saturated heterocycles. The maximum absolute atomic E-state index is 13.4. The summed E-state index contributed by atoms with van der Waals surface area (Å²) in [4.78, 5) is 6.53. The molecule has 2 rings (SSSR count). The molecule has 134 valence electrons. The van der Waals surface area contributed by atoms with Crippen LogP contribution >= 0.6 is 0 Å². The van der Waals surface area contributed by atoms with Crippen molar-refractivity contribution in [2.75, 3.05) is 20.7 Å². The van der Waals surface area contributed by atoms with Gasteiger partial charge in [0.25, 0.3) is 0 Å². The van der Waals surface area contributed by atoms with Gasteiger partial charge in [-0.05, 0) is 30.7 Å². The quantitative estimate of drug-likeness (QED) is 0.624. The van der Waals surface area contributed by atoms with E-state index in [2.05, 4.69) is 10.3 Å². The molecule has 0 spiro atoms. The van der Waals surface area contributed by atoms with Crippen LogP contribution in [0.25, 0.3) is 0 Å². The Balaban J connectivity index is 2.13.